The van der Waals surface area contributed by atoms with E-state index in [1.165, 1.54) is 25.7 Å². The van der Waals surface area contributed by atoms with E-state index in [1.54, 1.807) is 0 Å². The SMILES string of the molecule is O=c1[nH]c(C(CC2CCCC2)c2ccc(CS(=O)[O-])cc2)ccc1C1CC1. The molecule has 2 aliphatic carbocycles. The molecule has 1 N–H and O–H groups in total. The highest BCUT2D eigenvalue weighted by atomic mass is 32.2. The van der Waals surface area contributed by atoms with Crippen LogP contribution in [0.1, 0.15) is 79.2 Å². The van der Waals surface area contributed by atoms with Crippen molar-refractivity contribution >= 4 is 11.1 Å². The molecular formula is C22H26NO3S-. The van der Waals surface area contributed by atoms with Gasteiger partial charge in [-0.1, -0.05) is 67.1 Å². The molecule has 144 valence electrons. The first kappa shape index (κ1) is 18.6. The van der Waals surface area contributed by atoms with Gasteiger partial charge in [0, 0.05) is 22.9 Å². The molecule has 2 saturated carbocycles. The van der Waals surface area contributed by atoms with Crippen molar-refractivity contribution < 1.29 is 8.76 Å². The fraction of sp³-hybridized carbons (Fsp3) is 0.500. The second-order valence-electron chi connectivity index (χ2n) is 8.10. The second-order valence-corrected chi connectivity index (χ2v) is 9.00. The Morgan fingerprint density at radius 2 is 1.74 bits per heavy atom. The Kier molecular flexibility index (Phi) is 5.60. The highest BCUT2D eigenvalue weighted by Crippen LogP contribution is 2.40. The van der Waals surface area contributed by atoms with Gasteiger partial charge in [-0.15, -0.1) is 0 Å². The first-order valence-corrected chi connectivity index (χ1v) is 11.2. The Bertz CT molecular complexity index is 864. The molecule has 0 aliphatic heterocycles. The Labute approximate surface area is 162 Å². The third-order valence-electron chi connectivity index (χ3n) is 6.07. The normalized spacial score (nSPS) is 19.9. The van der Waals surface area contributed by atoms with E-state index in [4.69, 9.17) is 0 Å². The van der Waals surface area contributed by atoms with Gasteiger partial charge in [0.1, 0.15) is 0 Å². The number of aromatic nitrogens is 1. The van der Waals surface area contributed by atoms with Crippen molar-refractivity contribution in [1.82, 2.24) is 4.98 Å². The van der Waals surface area contributed by atoms with Crippen LogP contribution >= 0.6 is 0 Å². The molecule has 2 fully saturated rings. The van der Waals surface area contributed by atoms with E-state index >= 15 is 0 Å². The zero-order valence-corrected chi connectivity index (χ0v) is 16.3. The van der Waals surface area contributed by atoms with E-state index in [9.17, 15) is 13.6 Å². The van der Waals surface area contributed by atoms with Gasteiger partial charge in [-0.05, 0) is 48.3 Å². The number of hydrogen-bond acceptors (Lipinski definition) is 3. The summed E-state index contributed by atoms with van der Waals surface area (Å²) in [7, 11) is 0. The predicted octanol–water partition coefficient (Wildman–Crippen LogP) is 4.34. The summed E-state index contributed by atoms with van der Waals surface area (Å²) >= 11 is -2.08. The summed E-state index contributed by atoms with van der Waals surface area (Å²) in [5, 5.41) is 0. The second kappa shape index (κ2) is 8.11. The van der Waals surface area contributed by atoms with Crippen LogP contribution in [-0.2, 0) is 16.8 Å². The number of benzene rings is 1. The monoisotopic (exact) mass is 384 g/mol. The van der Waals surface area contributed by atoms with Crippen molar-refractivity contribution in [3.63, 3.8) is 0 Å². The van der Waals surface area contributed by atoms with Crippen molar-refractivity contribution in [3.05, 3.63) is 69.1 Å². The summed E-state index contributed by atoms with van der Waals surface area (Å²) in [5.41, 5.74) is 3.91. The average molecular weight is 385 g/mol. The lowest BCUT2D eigenvalue weighted by molar-refractivity contribution is 0.468. The molecule has 2 aromatic rings. The van der Waals surface area contributed by atoms with Gasteiger partial charge < -0.3 is 9.54 Å². The molecule has 1 heterocycles. The zero-order valence-electron chi connectivity index (χ0n) is 15.5. The van der Waals surface area contributed by atoms with Gasteiger partial charge in [0.15, 0.2) is 0 Å². The molecule has 1 aromatic carbocycles. The molecule has 4 rings (SSSR count). The van der Waals surface area contributed by atoms with Crippen molar-refractivity contribution in [2.24, 2.45) is 5.92 Å². The molecule has 0 radical (unpaired) electrons. The molecule has 5 heteroatoms. The maximum Gasteiger partial charge on any atom is 0.251 e. The van der Waals surface area contributed by atoms with Gasteiger partial charge in [-0.3, -0.25) is 9.00 Å². The van der Waals surface area contributed by atoms with Crippen LogP contribution in [0.2, 0.25) is 0 Å². The highest BCUT2D eigenvalue weighted by Gasteiger charge is 2.28. The minimum atomic E-state index is -2.08. The average Bonchev–Trinajstić information content (AvgIpc) is 3.35. The van der Waals surface area contributed by atoms with E-state index in [1.807, 2.05) is 30.3 Å². The van der Waals surface area contributed by atoms with Crippen LogP contribution < -0.4 is 5.56 Å². The minimum absolute atomic E-state index is 0.0422. The van der Waals surface area contributed by atoms with Crippen LogP contribution in [-0.4, -0.2) is 13.7 Å². The van der Waals surface area contributed by atoms with Gasteiger partial charge in [0.2, 0.25) is 0 Å². The molecule has 2 aliphatic rings. The number of H-pyrrole nitrogens is 1. The summed E-state index contributed by atoms with van der Waals surface area (Å²) < 4.78 is 21.9. The molecule has 0 amide bonds. The Morgan fingerprint density at radius 1 is 1.04 bits per heavy atom. The van der Waals surface area contributed by atoms with Crippen LogP contribution in [0.3, 0.4) is 0 Å². The summed E-state index contributed by atoms with van der Waals surface area (Å²) in [6, 6.07) is 11.9. The van der Waals surface area contributed by atoms with E-state index in [2.05, 4.69) is 11.1 Å². The first-order chi connectivity index (χ1) is 13.1. The quantitative estimate of drug-likeness (QED) is 0.722. The number of rotatable bonds is 7. The fourth-order valence-corrected chi connectivity index (χ4v) is 4.89. The molecule has 0 bridgehead atoms. The zero-order chi connectivity index (χ0) is 18.8. The summed E-state index contributed by atoms with van der Waals surface area (Å²) in [5.74, 6) is 1.33. The lowest BCUT2D eigenvalue weighted by atomic mass is 9.85. The van der Waals surface area contributed by atoms with E-state index in [0.29, 0.717) is 11.8 Å². The Hall–Kier alpha value is -1.72. The van der Waals surface area contributed by atoms with Crippen molar-refractivity contribution in [2.75, 3.05) is 0 Å². The molecular weight excluding hydrogens is 358 g/mol. The van der Waals surface area contributed by atoms with Crippen LogP contribution in [0.5, 0.6) is 0 Å². The van der Waals surface area contributed by atoms with Gasteiger partial charge in [0.05, 0.1) is 0 Å². The van der Waals surface area contributed by atoms with Gasteiger partial charge in [-0.2, -0.15) is 0 Å². The highest BCUT2D eigenvalue weighted by molar-refractivity contribution is 7.78. The van der Waals surface area contributed by atoms with Crippen molar-refractivity contribution in [3.8, 4) is 0 Å². The first-order valence-electron chi connectivity index (χ1n) is 9.98. The molecule has 4 nitrogen and oxygen atoms in total. The van der Waals surface area contributed by atoms with E-state index in [-0.39, 0.29) is 17.2 Å². The van der Waals surface area contributed by atoms with Crippen LogP contribution in [0.4, 0.5) is 0 Å². The van der Waals surface area contributed by atoms with Gasteiger partial charge in [-0.25, -0.2) is 0 Å². The number of pyridine rings is 1. The van der Waals surface area contributed by atoms with Gasteiger partial charge in [0.25, 0.3) is 5.56 Å². The van der Waals surface area contributed by atoms with Crippen LogP contribution in [0.15, 0.2) is 41.2 Å². The smallest absolute Gasteiger partial charge is 0.251 e. The third-order valence-corrected chi connectivity index (χ3v) is 6.63. The Balaban J connectivity index is 1.62. The van der Waals surface area contributed by atoms with Crippen molar-refractivity contribution in [2.45, 2.75) is 62.5 Å². The lowest BCUT2D eigenvalue weighted by Crippen LogP contribution is -2.17. The number of aromatic amines is 1. The van der Waals surface area contributed by atoms with Gasteiger partial charge >= 0.3 is 0 Å². The van der Waals surface area contributed by atoms with Crippen molar-refractivity contribution in [1.29, 1.82) is 0 Å². The predicted molar refractivity (Wildman–Crippen MR) is 107 cm³/mol. The van der Waals surface area contributed by atoms with Crippen LogP contribution in [0, 0.1) is 5.92 Å². The largest absolute Gasteiger partial charge is 0.772 e. The molecule has 27 heavy (non-hydrogen) atoms. The standard InChI is InChI=1S/C22H27NO3S/c24-22-19(17-9-10-17)11-12-21(23-22)20(13-15-3-1-2-4-15)18-7-5-16(6-8-18)14-27(25)26/h5-8,11-12,15,17,20H,1-4,9-10,13-14H2,(H,23,24)(H,25,26)/p-1. The summed E-state index contributed by atoms with van der Waals surface area (Å²) in [6.45, 7) is 0. The fourth-order valence-electron chi connectivity index (χ4n) is 4.42. The Morgan fingerprint density at radius 3 is 2.33 bits per heavy atom. The maximum absolute atomic E-state index is 12.5. The molecule has 2 atom stereocenters. The lowest BCUT2D eigenvalue weighted by Gasteiger charge is -2.22. The molecule has 2 unspecified atom stereocenters. The maximum atomic E-state index is 12.5. The molecule has 0 saturated heterocycles. The minimum Gasteiger partial charge on any atom is -0.772 e. The topological polar surface area (TPSA) is 73.0 Å². The third kappa shape index (κ3) is 4.58. The van der Waals surface area contributed by atoms with E-state index in [0.717, 1.165) is 41.6 Å². The summed E-state index contributed by atoms with van der Waals surface area (Å²) in [6.07, 6.45) is 8.38. The molecule has 0 spiro atoms. The number of hydrogen-bond donors (Lipinski definition) is 1. The molecule has 1 aromatic heterocycles. The number of nitrogens with one attached hydrogen (secondary N) is 1. The van der Waals surface area contributed by atoms with E-state index < -0.39 is 11.1 Å². The summed E-state index contributed by atoms with van der Waals surface area (Å²) in [4.78, 5) is 15.7. The van der Waals surface area contributed by atoms with Crippen LogP contribution in [0.25, 0.3) is 0 Å².